The first kappa shape index (κ1) is 11.3. The van der Waals surface area contributed by atoms with Crippen LogP contribution in [0.1, 0.15) is 52.9 Å². The predicted molar refractivity (Wildman–Crippen MR) is 66.6 cm³/mol. The fourth-order valence-corrected chi connectivity index (χ4v) is 4.97. The molecule has 3 atom stereocenters. The standard InChI is InChI=1S/C15H22O2/c1-9-4-5-11-12(13(16)17)14(2,3)10-6-7-15(9,11)8-10/h9-10H,4-8H2,1-3H3,(H,16,17). The molecule has 3 aliphatic rings. The first-order chi connectivity index (χ1) is 7.89. The van der Waals surface area contributed by atoms with Crippen LogP contribution in [0.2, 0.25) is 0 Å². The molecule has 3 unspecified atom stereocenters. The first-order valence-corrected chi connectivity index (χ1v) is 6.87. The number of hydrogen-bond donors (Lipinski definition) is 1. The largest absolute Gasteiger partial charge is 0.478 e. The van der Waals surface area contributed by atoms with Crippen molar-refractivity contribution < 1.29 is 9.90 Å². The molecule has 0 heterocycles. The molecule has 2 bridgehead atoms. The number of carbonyl (C=O) groups is 1. The highest BCUT2D eigenvalue weighted by atomic mass is 16.4. The fraction of sp³-hybridized carbons (Fsp3) is 0.800. The molecule has 1 N–H and O–H groups in total. The quantitative estimate of drug-likeness (QED) is 0.752. The van der Waals surface area contributed by atoms with Gasteiger partial charge in [0.05, 0.1) is 0 Å². The number of fused-ring (bicyclic) bond motifs is 1. The van der Waals surface area contributed by atoms with E-state index in [1.54, 1.807) is 0 Å². The third kappa shape index (κ3) is 1.19. The van der Waals surface area contributed by atoms with Gasteiger partial charge in [0.1, 0.15) is 0 Å². The Balaban J connectivity index is 2.23. The molecule has 0 aromatic heterocycles. The van der Waals surface area contributed by atoms with Crippen molar-refractivity contribution in [3.05, 3.63) is 11.1 Å². The molecule has 2 nitrogen and oxygen atoms in total. The number of rotatable bonds is 1. The second-order valence-electron chi connectivity index (χ2n) is 6.92. The minimum atomic E-state index is -0.657. The van der Waals surface area contributed by atoms with Crippen LogP contribution in [0.25, 0.3) is 0 Å². The summed E-state index contributed by atoms with van der Waals surface area (Å²) in [6.07, 6.45) is 5.91. The lowest BCUT2D eigenvalue weighted by Gasteiger charge is -2.43. The van der Waals surface area contributed by atoms with E-state index in [-0.39, 0.29) is 10.8 Å². The minimum absolute atomic E-state index is 0.120. The molecular weight excluding hydrogens is 212 g/mol. The summed E-state index contributed by atoms with van der Waals surface area (Å²) in [6.45, 7) is 6.62. The molecule has 0 aromatic rings. The Bertz CT molecular complexity index is 419. The van der Waals surface area contributed by atoms with Crippen molar-refractivity contribution in [1.82, 2.24) is 0 Å². The SMILES string of the molecule is CC1CCC2=C(C(=O)O)C(C)(C)C3CCC21C3. The Morgan fingerprint density at radius 1 is 1.35 bits per heavy atom. The highest BCUT2D eigenvalue weighted by molar-refractivity contribution is 5.90. The lowest BCUT2D eigenvalue weighted by molar-refractivity contribution is -0.134. The maximum atomic E-state index is 11.7. The molecular formula is C15H22O2. The summed E-state index contributed by atoms with van der Waals surface area (Å²) >= 11 is 0. The van der Waals surface area contributed by atoms with Gasteiger partial charge in [0, 0.05) is 5.57 Å². The van der Waals surface area contributed by atoms with E-state index in [2.05, 4.69) is 20.8 Å². The van der Waals surface area contributed by atoms with Gasteiger partial charge in [-0.2, -0.15) is 0 Å². The maximum Gasteiger partial charge on any atom is 0.332 e. The van der Waals surface area contributed by atoms with Crippen LogP contribution in [0.3, 0.4) is 0 Å². The van der Waals surface area contributed by atoms with Crippen molar-refractivity contribution in [3.8, 4) is 0 Å². The molecule has 17 heavy (non-hydrogen) atoms. The lowest BCUT2D eigenvalue weighted by atomic mass is 9.60. The van der Waals surface area contributed by atoms with E-state index in [9.17, 15) is 9.90 Å². The van der Waals surface area contributed by atoms with Gasteiger partial charge in [0.15, 0.2) is 0 Å². The number of allylic oxidation sites excluding steroid dienone is 1. The average molecular weight is 234 g/mol. The van der Waals surface area contributed by atoms with Crippen LogP contribution in [0.5, 0.6) is 0 Å². The van der Waals surface area contributed by atoms with E-state index >= 15 is 0 Å². The van der Waals surface area contributed by atoms with Crippen LogP contribution in [-0.4, -0.2) is 11.1 Å². The third-order valence-corrected chi connectivity index (χ3v) is 6.10. The Kier molecular flexibility index (Phi) is 2.10. The Morgan fingerprint density at radius 3 is 2.71 bits per heavy atom. The zero-order valence-corrected chi connectivity index (χ0v) is 11.0. The van der Waals surface area contributed by atoms with Gasteiger partial charge >= 0.3 is 5.97 Å². The molecule has 3 aliphatic carbocycles. The molecule has 0 radical (unpaired) electrons. The first-order valence-electron chi connectivity index (χ1n) is 6.87. The molecule has 2 heteroatoms. The molecule has 0 amide bonds. The van der Waals surface area contributed by atoms with Crippen molar-refractivity contribution in [3.63, 3.8) is 0 Å². The van der Waals surface area contributed by atoms with Gasteiger partial charge < -0.3 is 5.11 Å². The molecule has 0 saturated heterocycles. The second-order valence-corrected chi connectivity index (χ2v) is 6.92. The summed E-state index contributed by atoms with van der Waals surface area (Å²) in [5.74, 6) is 0.612. The van der Waals surface area contributed by atoms with E-state index in [1.165, 1.54) is 31.3 Å². The van der Waals surface area contributed by atoms with Crippen LogP contribution in [-0.2, 0) is 4.79 Å². The van der Waals surface area contributed by atoms with Crippen molar-refractivity contribution in [2.24, 2.45) is 22.7 Å². The van der Waals surface area contributed by atoms with Crippen LogP contribution in [0.4, 0.5) is 0 Å². The van der Waals surface area contributed by atoms with Gasteiger partial charge in [-0.3, -0.25) is 0 Å². The summed E-state index contributed by atoms with van der Waals surface area (Å²) in [5.41, 5.74) is 2.24. The van der Waals surface area contributed by atoms with Crippen LogP contribution in [0, 0.1) is 22.7 Å². The molecule has 1 spiro atoms. The molecule has 3 rings (SSSR count). The van der Waals surface area contributed by atoms with E-state index in [0.29, 0.717) is 11.8 Å². The smallest absolute Gasteiger partial charge is 0.332 e. The van der Waals surface area contributed by atoms with E-state index in [1.807, 2.05) is 0 Å². The summed E-state index contributed by atoms with van der Waals surface area (Å²) in [7, 11) is 0. The zero-order valence-electron chi connectivity index (χ0n) is 11.0. The Hall–Kier alpha value is -0.790. The summed E-state index contributed by atoms with van der Waals surface area (Å²) in [4.78, 5) is 11.7. The van der Waals surface area contributed by atoms with Crippen molar-refractivity contribution in [1.29, 1.82) is 0 Å². The summed E-state index contributed by atoms with van der Waals surface area (Å²) in [5, 5.41) is 9.61. The number of carboxylic acid groups (broad SMARTS) is 1. The monoisotopic (exact) mass is 234 g/mol. The average Bonchev–Trinajstić information content (AvgIpc) is 2.76. The Labute approximate surface area is 103 Å². The van der Waals surface area contributed by atoms with Crippen molar-refractivity contribution in [2.75, 3.05) is 0 Å². The van der Waals surface area contributed by atoms with Crippen molar-refractivity contribution in [2.45, 2.75) is 52.9 Å². The number of aliphatic carboxylic acids is 1. The van der Waals surface area contributed by atoms with Crippen LogP contribution < -0.4 is 0 Å². The van der Waals surface area contributed by atoms with Gasteiger partial charge in [0.25, 0.3) is 0 Å². The predicted octanol–water partition coefficient (Wildman–Crippen LogP) is 3.62. The molecule has 2 saturated carbocycles. The van der Waals surface area contributed by atoms with Crippen LogP contribution in [0.15, 0.2) is 11.1 Å². The number of hydrogen-bond acceptors (Lipinski definition) is 1. The van der Waals surface area contributed by atoms with Crippen molar-refractivity contribution >= 4 is 5.97 Å². The Morgan fingerprint density at radius 2 is 2.06 bits per heavy atom. The fourth-order valence-electron chi connectivity index (χ4n) is 4.97. The van der Waals surface area contributed by atoms with E-state index in [4.69, 9.17) is 0 Å². The topological polar surface area (TPSA) is 37.3 Å². The molecule has 0 aromatic carbocycles. The van der Waals surface area contributed by atoms with Gasteiger partial charge in [0.2, 0.25) is 0 Å². The molecule has 0 aliphatic heterocycles. The van der Waals surface area contributed by atoms with Gasteiger partial charge in [-0.05, 0) is 54.8 Å². The molecule has 94 valence electrons. The minimum Gasteiger partial charge on any atom is -0.478 e. The number of carboxylic acids is 1. The van der Waals surface area contributed by atoms with Gasteiger partial charge in [-0.25, -0.2) is 4.79 Å². The van der Waals surface area contributed by atoms with E-state index in [0.717, 1.165) is 12.0 Å². The van der Waals surface area contributed by atoms with Crippen LogP contribution >= 0.6 is 0 Å². The second kappa shape index (κ2) is 3.15. The highest BCUT2D eigenvalue weighted by Crippen LogP contribution is 2.67. The maximum absolute atomic E-state index is 11.7. The third-order valence-electron chi connectivity index (χ3n) is 6.10. The van der Waals surface area contributed by atoms with Gasteiger partial charge in [-0.1, -0.05) is 26.3 Å². The summed E-state index contributed by atoms with van der Waals surface area (Å²) in [6, 6.07) is 0. The van der Waals surface area contributed by atoms with Gasteiger partial charge in [-0.15, -0.1) is 0 Å². The summed E-state index contributed by atoms with van der Waals surface area (Å²) < 4.78 is 0. The normalized spacial score (nSPS) is 42.8. The zero-order chi connectivity index (χ0) is 12.4. The molecule has 2 fully saturated rings. The lowest BCUT2D eigenvalue weighted by Crippen LogP contribution is -2.38. The van der Waals surface area contributed by atoms with E-state index < -0.39 is 5.97 Å². The highest BCUT2D eigenvalue weighted by Gasteiger charge is 2.59.